The van der Waals surface area contributed by atoms with Crippen LogP contribution in [-0.4, -0.2) is 32.8 Å². The van der Waals surface area contributed by atoms with Crippen molar-refractivity contribution in [2.24, 2.45) is 0 Å². The second-order valence-corrected chi connectivity index (χ2v) is 7.66. The molecule has 3 rings (SSSR count). The summed E-state index contributed by atoms with van der Waals surface area (Å²) in [6.07, 6.45) is -4.38. The molecule has 0 aliphatic rings. The lowest BCUT2D eigenvalue weighted by molar-refractivity contribution is -0.275. The van der Waals surface area contributed by atoms with Crippen molar-refractivity contribution in [3.05, 3.63) is 59.7 Å². The quantitative estimate of drug-likeness (QED) is 0.478. The Morgan fingerprint density at radius 3 is 2.41 bits per heavy atom. The minimum absolute atomic E-state index is 0.122. The third-order valence-electron chi connectivity index (χ3n) is 4.46. The van der Waals surface area contributed by atoms with Crippen molar-refractivity contribution in [2.45, 2.75) is 13.3 Å². The van der Waals surface area contributed by atoms with Gasteiger partial charge in [0.1, 0.15) is 10.8 Å². The Morgan fingerprint density at radius 1 is 1.12 bits per heavy atom. The number of halogens is 3. The lowest BCUT2D eigenvalue weighted by Crippen LogP contribution is -2.22. The predicted octanol–water partition coefficient (Wildman–Crippen LogP) is 5.37. The molecule has 0 saturated heterocycles. The third kappa shape index (κ3) is 5.02. The Labute approximate surface area is 186 Å². The van der Waals surface area contributed by atoms with Crippen LogP contribution in [0.4, 0.5) is 18.2 Å². The maximum absolute atomic E-state index is 13.1. The first kappa shape index (κ1) is 23.1. The van der Waals surface area contributed by atoms with E-state index < -0.39 is 18.0 Å². The summed E-state index contributed by atoms with van der Waals surface area (Å²) in [5.41, 5.74) is 1.17. The summed E-state index contributed by atoms with van der Waals surface area (Å²) in [7, 11) is 2.94. The van der Waals surface area contributed by atoms with Crippen LogP contribution in [0.15, 0.2) is 48.5 Å². The summed E-state index contributed by atoms with van der Waals surface area (Å²) < 4.78 is 49.0. The van der Waals surface area contributed by atoms with Crippen LogP contribution in [0.3, 0.4) is 0 Å². The van der Waals surface area contributed by atoms with Gasteiger partial charge >= 0.3 is 6.36 Å². The second-order valence-electron chi connectivity index (χ2n) is 6.66. The Morgan fingerprint density at radius 2 is 1.81 bits per heavy atom. The smallest absolute Gasteiger partial charge is 0.453 e. The van der Waals surface area contributed by atoms with Crippen LogP contribution in [-0.2, 0) is 4.79 Å². The highest BCUT2D eigenvalue weighted by Crippen LogP contribution is 2.44. The number of hydrogen-bond donors (Lipinski definition) is 1. The average Bonchev–Trinajstić information content (AvgIpc) is 3.10. The molecule has 168 valence electrons. The van der Waals surface area contributed by atoms with E-state index in [1.165, 1.54) is 31.1 Å². The van der Waals surface area contributed by atoms with E-state index in [0.717, 1.165) is 11.3 Å². The molecule has 1 aromatic heterocycles. The molecule has 3 aromatic rings. The van der Waals surface area contributed by atoms with Crippen LogP contribution in [0, 0.1) is 6.92 Å². The van der Waals surface area contributed by atoms with Gasteiger partial charge in [-0.3, -0.25) is 9.59 Å². The van der Waals surface area contributed by atoms with Gasteiger partial charge in [-0.05, 0) is 48.4 Å². The van der Waals surface area contributed by atoms with E-state index in [2.05, 4.69) is 10.1 Å². The van der Waals surface area contributed by atoms with E-state index in [-0.39, 0.29) is 11.3 Å². The number of nitrogens with zero attached hydrogens (tertiary/aromatic N) is 1. The van der Waals surface area contributed by atoms with E-state index in [0.29, 0.717) is 33.2 Å². The third-order valence-corrected chi connectivity index (χ3v) is 5.89. The zero-order valence-corrected chi connectivity index (χ0v) is 18.1. The van der Waals surface area contributed by atoms with E-state index in [9.17, 15) is 22.8 Å². The molecule has 0 saturated carbocycles. The predicted molar refractivity (Wildman–Crippen MR) is 116 cm³/mol. The Balaban J connectivity index is 2.12. The lowest BCUT2D eigenvalue weighted by Gasteiger charge is -2.15. The molecule has 0 atom stereocenters. The zero-order chi connectivity index (χ0) is 23.5. The molecule has 10 heteroatoms. The molecule has 1 heterocycles. The summed E-state index contributed by atoms with van der Waals surface area (Å²) in [5.74, 6) is -0.720. The van der Waals surface area contributed by atoms with Crippen LogP contribution >= 0.6 is 11.3 Å². The van der Waals surface area contributed by atoms with E-state index >= 15 is 0 Å². The number of anilines is 1. The van der Waals surface area contributed by atoms with E-state index in [4.69, 9.17) is 4.74 Å². The topological polar surface area (TPSA) is 67.9 Å². The molecule has 0 aliphatic heterocycles. The number of thiophene rings is 1. The molecular formula is C22H19F3N2O4S. The molecule has 0 bridgehead atoms. The zero-order valence-electron chi connectivity index (χ0n) is 17.3. The fourth-order valence-electron chi connectivity index (χ4n) is 3.02. The maximum Gasteiger partial charge on any atom is 0.573 e. The van der Waals surface area contributed by atoms with Gasteiger partial charge in [-0.1, -0.05) is 18.2 Å². The molecular weight excluding hydrogens is 445 g/mol. The van der Waals surface area contributed by atoms with Gasteiger partial charge in [-0.25, -0.2) is 0 Å². The van der Waals surface area contributed by atoms with Crippen LogP contribution in [0.1, 0.15) is 15.9 Å². The van der Waals surface area contributed by atoms with Gasteiger partial charge in [-0.15, -0.1) is 24.5 Å². The first-order chi connectivity index (χ1) is 15.1. The summed E-state index contributed by atoms with van der Waals surface area (Å²) in [5, 5.41) is 2.89. The molecule has 0 aliphatic carbocycles. The van der Waals surface area contributed by atoms with E-state index in [1.807, 2.05) is 0 Å². The maximum atomic E-state index is 13.1. The van der Waals surface area contributed by atoms with Gasteiger partial charge in [0.2, 0.25) is 6.41 Å². The molecule has 32 heavy (non-hydrogen) atoms. The van der Waals surface area contributed by atoms with Crippen molar-refractivity contribution in [1.82, 2.24) is 5.32 Å². The van der Waals surface area contributed by atoms with Gasteiger partial charge in [-0.2, -0.15) is 0 Å². The number of rotatable bonds is 7. The Kier molecular flexibility index (Phi) is 6.73. The number of ether oxygens (including phenoxy) is 2. The molecule has 0 radical (unpaired) electrons. The number of para-hydroxylation sites is 1. The molecule has 0 fully saturated rings. The number of nitrogens with one attached hydrogen (secondary N) is 1. The summed E-state index contributed by atoms with van der Waals surface area (Å²) >= 11 is 1.11. The highest BCUT2D eigenvalue weighted by molar-refractivity contribution is 7.20. The monoisotopic (exact) mass is 464 g/mol. The number of alkyl halides is 3. The highest BCUT2D eigenvalue weighted by Gasteiger charge is 2.33. The van der Waals surface area contributed by atoms with Crippen LogP contribution in [0.2, 0.25) is 0 Å². The van der Waals surface area contributed by atoms with Crippen molar-refractivity contribution >= 4 is 28.7 Å². The minimum atomic E-state index is -4.94. The molecule has 0 spiro atoms. The summed E-state index contributed by atoms with van der Waals surface area (Å²) in [6.45, 7) is 1.66. The SMILES string of the molecule is CNC(=O)c1c(N(C)C=O)sc(-c2ccc(Oc3ccccc3)c(OC(F)(F)F)c2)c1C. The van der Waals surface area contributed by atoms with E-state index in [1.54, 1.807) is 43.3 Å². The van der Waals surface area contributed by atoms with Gasteiger partial charge in [0.15, 0.2) is 11.5 Å². The normalized spacial score (nSPS) is 11.1. The number of hydrogen-bond acceptors (Lipinski definition) is 5. The largest absolute Gasteiger partial charge is 0.573 e. The Hall–Kier alpha value is -3.53. The molecule has 2 aromatic carbocycles. The van der Waals surface area contributed by atoms with Gasteiger partial charge in [0.05, 0.1) is 5.56 Å². The Bertz CT molecular complexity index is 1130. The van der Waals surface area contributed by atoms with Crippen LogP contribution in [0.25, 0.3) is 10.4 Å². The van der Waals surface area contributed by atoms with Crippen molar-refractivity contribution in [2.75, 3.05) is 19.0 Å². The fraction of sp³-hybridized carbons (Fsp3) is 0.182. The first-order valence-electron chi connectivity index (χ1n) is 9.31. The number of amides is 2. The van der Waals surface area contributed by atoms with Crippen molar-refractivity contribution in [1.29, 1.82) is 0 Å². The lowest BCUT2D eigenvalue weighted by atomic mass is 10.1. The highest BCUT2D eigenvalue weighted by atomic mass is 32.1. The van der Waals surface area contributed by atoms with Gasteiger partial charge in [0, 0.05) is 19.0 Å². The fourth-order valence-corrected chi connectivity index (χ4v) is 4.24. The average molecular weight is 464 g/mol. The summed E-state index contributed by atoms with van der Waals surface area (Å²) in [6, 6.07) is 12.5. The number of benzene rings is 2. The summed E-state index contributed by atoms with van der Waals surface area (Å²) in [4.78, 5) is 25.4. The standard InChI is InChI=1S/C22H19F3N2O4S/c1-13-18(20(29)26-2)21(27(3)12-28)32-19(13)14-9-10-16(17(11-14)31-22(23,24)25)30-15-7-5-4-6-8-15/h4-12H,1-3H3,(H,26,29). The number of carbonyl (C=O) groups excluding carboxylic acids is 2. The van der Waals surface area contributed by atoms with Crippen LogP contribution < -0.4 is 19.7 Å². The molecule has 2 amide bonds. The molecule has 0 unspecified atom stereocenters. The minimum Gasteiger partial charge on any atom is -0.453 e. The van der Waals surface area contributed by atoms with Crippen molar-refractivity contribution in [3.8, 4) is 27.7 Å². The second kappa shape index (κ2) is 9.31. The van der Waals surface area contributed by atoms with Gasteiger partial charge < -0.3 is 19.7 Å². The van der Waals surface area contributed by atoms with Crippen molar-refractivity contribution in [3.63, 3.8) is 0 Å². The molecule has 1 N–H and O–H groups in total. The number of carbonyl (C=O) groups is 2. The van der Waals surface area contributed by atoms with Crippen molar-refractivity contribution < 1.29 is 32.2 Å². The van der Waals surface area contributed by atoms with Crippen LogP contribution in [0.5, 0.6) is 17.2 Å². The molecule has 6 nitrogen and oxygen atoms in total. The first-order valence-corrected chi connectivity index (χ1v) is 10.1. The van der Waals surface area contributed by atoms with Gasteiger partial charge in [0.25, 0.3) is 5.91 Å².